The maximum atomic E-state index is 12.4. The monoisotopic (exact) mass is 504 g/mol. The SMILES string of the molecule is CNC(=O)c1cc(Oc2ccc3c(c2)nc(Nc2ccc(Cl)c(N4CCCCC4=O)c2)n3C)ccn1. The number of anilines is 3. The number of rotatable bonds is 6. The number of nitrogens with one attached hydrogen (secondary N) is 2. The number of imidazole rings is 1. The van der Waals surface area contributed by atoms with Crippen molar-refractivity contribution in [3.63, 3.8) is 0 Å². The Kier molecular flexibility index (Phi) is 6.47. The van der Waals surface area contributed by atoms with Gasteiger partial charge in [0, 0.05) is 51.1 Å². The number of hydrogen-bond donors (Lipinski definition) is 2. The van der Waals surface area contributed by atoms with Crippen LogP contribution in [-0.2, 0) is 11.8 Å². The second kappa shape index (κ2) is 9.87. The van der Waals surface area contributed by atoms with Gasteiger partial charge >= 0.3 is 0 Å². The number of amides is 2. The van der Waals surface area contributed by atoms with Crippen LogP contribution in [0.3, 0.4) is 0 Å². The molecule has 3 heterocycles. The van der Waals surface area contributed by atoms with E-state index in [1.807, 2.05) is 41.9 Å². The van der Waals surface area contributed by atoms with Crippen molar-refractivity contribution in [3.05, 3.63) is 65.4 Å². The van der Waals surface area contributed by atoms with Crippen molar-refractivity contribution in [1.82, 2.24) is 19.9 Å². The van der Waals surface area contributed by atoms with Gasteiger partial charge in [-0.05, 0) is 49.2 Å². The van der Waals surface area contributed by atoms with Crippen molar-refractivity contribution in [2.75, 3.05) is 23.8 Å². The molecule has 2 N–H and O–H groups in total. The highest BCUT2D eigenvalue weighted by Gasteiger charge is 2.22. The molecule has 1 aliphatic heterocycles. The molecule has 1 fully saturated rings. The molecule has 9 nitrogen and oxygen atoms in total. The fraction of sp³-hybridized carbons (Fsp3) is 0.231. The first kappa shape index (κ1) is 23.6. The summed E-state index contributed by atoms with van der Waals surface area (Å²) in [5, 5.41) is 6.43. The molecule has 5 rings (SSSR count). The third-order valence-corrected chi connectivity index (χ3v) is 6.42. The fourth-order valence-electron chi connectivity index (χ4n) is 4.20. The highest BCUT2D eigenvalue weighted by atomic mass is 35.5. The lowest BCUT2D eigenvalue weighted by atomic mass is 10.1. The molecular weight excluding hydrogens is 480 g/mol. The smallest absolute Gasteiger partial charge is 0.269 e. The lowest BCUT2D eigenvalue weighted by Crippen LogP contribution is -2.35. The highest BCUT2D eigenvalue weighted by molar-refractivity contribution is 6.34. The van der Waals surface area contributed by atoms with E-state index in [9.17, 15) is 9.59 Å². The number of nitrogens with zero attached hydrogens (tertiary/aromatic N) is 4. The van der Waals surface area contributed by atoms with E-state index in [2.05, 4.69) is 15.6 Å². The summed E-state index contributed by atoms with van der Waals surface area (Å²) in [6, 6.07) is 14.4. The first-order valence-electron chi connectivity index (χ1n) is 11.6. The van der Waals surface area contributed by atoms with E-state index in [0.717, 1.165) is 29.6 Å². The Labute approximate surface area is 213 Å². The minimum Gasteiger partial charge on any atom is -0.457 e. The average molecular weight is 505 g/mol. The number of carbonyl (C=O) groups excluding carboxylic acids is 2. The molecule has 2 aromatic carbocycles. The van der Waals surface area contributed by atoms with Crippen LogP contribution in [0.2, 0.25) is 5.02 Å². The predicted octanol–water partition coefficient (Wildman–Crippen LogP) is 5.03. The quantitative estimate of drug-likeness (QED) is 0.381. The zero-order chi connectivity index (χ0) is 25.2. The molecule has 2 aromatic heterocycles. The number of ether oxygens (including phenoxy) is 1. The number of carbonyl (C=O) groups is 2. The van der Waals surface area contributed by atoms with Gasteiger partial charge in [0.05, 0.1) is 21.7 Å². The van der Waals surface area contributed by atoms with E-state index in [-0.39, 0.29) is 17.5 Å². The first-order chi connectivity index (χ1) is 17.4. The summed E-state index contributed by atoms with van der Waals surface area (Å²) in [7, 11) is 3.47. The molecule has 10 heteroatoms. The molecule has 0 atom stereocenters. The molecule has 0 spiro atoms. The number of hydrogen-bond acceptors (Lipinski definition) is 6. The molecule has 0 bridgehead atoms. The summed E-state index contributed by atoms with van der Waals surface area (Å²) in [4.78, 5) is 34.8. The third kappa shape index (κ3) is 4.70. The maximum Gasteiger partial charge on any atom is 0.269 e. The van der Waals surface area contributed by atoms with Gasteiger partial charge in [-0.1, -0.05) is 11.6 Å². The van der Waals surface area contributed by atoms with Crippen molar-refractivity contribution >= 4 is 51.8 Å². The number of aryl methyl sites for hydroxylation is 1. The second-order valence-electron chi connectivity index (χ2n) is 8.50. The summed E-state index contributed by atoms with van der Waals surface area (Å²) in [5.41, 5.74) is 3.40. The highest BCUT2D eigenvalue weighted by Crippen LogP contribution is 2.33. The van der Waals surface area contributed by atoms with Crippen molar-refractivity contribution < 1.29 is 14.3 Å². The van der Waals surface area contributed by atoms with Gasteiger partial charge in [-0.3, -0.25) is 14.6 Å². The number of halogens is 1. The molecule has 2 amide bonds. The van der Waals surface area contributed by atoms with Gasteiger partial charge in [0.15, 0.2) is 0 Å². The van der Waals surface area contributed by atoms with Gasteiger partial charge in [-0.2, -0.15) is 0 Å². The summed E-state index contributed by atoms with van der Waals surface area (Å²) in [5.74, 6) is 1.52. The van der Waals surface area contributed by atoms with Gasteiger partial charge in [0.2, 0.25) is 11.9 Å². The van der Waals surface area contributed by atoms with Crippen LogP contribution in [-0.4, -0.2) is 39.9 Å². The molecule has 0 unspecified atom stereocenters. The number of pyridine rings is 1. The van der Waals surface area contributed by atoms with Crippen LogP contribution in [0, 0.1) is 0 Å². The van der Waals surface area contributed by atoms with E-state index >= 15 is 0 Å². The molecule has 184 valence electrons. The van der Waals surface area contributed by atoms with Crippen LogP contribution in [0.1, 0.15) is 29.8 Å². The van der Waals surface area contributed by atoms with E-state index in [0.29, 0.717) is 41.1 Å². The zero-order valence-corrected chi connectivity index (χ0v) is 20.7. The van der Waals surface area contributed by atoms with Gasteiger partial charge in [-0.25, -0.2) is 4.98 Å². The van der Waals surface area contributed by atoms with Crippen molar-refractivity contribution in [2.24, 2.45) is 7.05 Å². The minimum absolute atomic E-state index is 0.0900. The number of aromatic nitrogens is 3. The lowest BCUT2D eigenvalue weighted by Gasteiger charge is -2.28. The van der Waals surface area contributed by atoms with Gasteiger partial charge < -0.3 is 24.8 Å². The minimum atomic E-state index is -0.286. The van der Waals surface area contributed by atoms with Crippen LogP contribution in [0.4, 0.5) is 17.3 Å². The number of fused-ring (bicyclic) bond motifs is 1. The predicted molar refractivity (Wildman–Crippen MR) is 139 cm³/mol. The van der Waals surface area contributed by atoms with E-state index < -0.39 is 0 Å². The normalized spacial score (nSPS) is 13.6. The molecule has 4 aromatic rings. The molecule has 1 aliphatic rings. The molecular formula is C26H25ClN6O3. The fourth-order valence-corrected chi connectivity index (χ4v) is 4.42. The Morgan fingerprint density at radius 3 is 2.72 bits per heavy atom. The standard InChI is InChI=1S/C26H25ClN6O3/c1-28-25(35)21-15-18(10-11-29-21)36-17-7-9-22-20(14-17)31-26(32(22)2)30-16-6-8-19(27)23(13-16)33-12-4-3-5-24(33)34/h6-11,13-15H,3-5,12H2,1-2H3,(H,28,35)(H,30,31). The molecule has 1 saturated heterocycles. The summed E-state index contributed by atoms with van der Waals surface area (Å²) in [6.45, 7) is 0.666. The zero-order valence-electron chi connectivity index (χ0n) is 19.9. The second-order valence-corrected chi connectivity index (χ2v) is 8.90. The van der Waals surface area contributed by atoms with Crippen LogP contribution >= 0.6 is 11.6 Å². The van der Waals surface area contributed by atoms with Gasteiger partial charge in [-0.15, -0.1) is 0 Å². The summed E-state index contributed by atoms with van der Waals surface area (Å²) < 4.78 is 7.89. The summed E-state index contributed by atoms with van der Waals surface area (Å²) in [6.07, 6.45) is 3.93. The van der Waals surface area contributed by atoms with Gasteiger partial charge in [0.25, 0.3) is 5.91 Å². The Balaban J connectivity index is 1.39. The Morgan fingerprint density at radius 2 is 1.92 bits per heavy atom. The van der Waals surface area contributed by atoms with Crippen LogP contribution in [0.15, 0.2) is 54.7 Å². The Morgan fingerprint density at radius 1 is 1.08 bits per heavy atom. The largest absolute Gasteiger partial charge is 0.457 e. The van der Waals surface area contributed by atoms with Crippen LogP contribution in [0.25, 0.3) is 11.0 Å². The van der Waals surface area contributed by atoms with Crippen molar-refractivity contribution in [1.29, 1.82) is 0 Å². The van der Waals surface area contributed by atoms with Crippen LogP contribution < -0.4 is 20.3 Å². The molecule has 0 radical (unpaired) electrons. The Hall–Kier alpha value is -4.11. The van der Waals surface area contributed by atoms with Crippen molar-refractivity contribution in [2.45, 2.75) is 19.3 Å². The van der Waals surface area contributed by atoms with E-state index in [1.54, 1.807) is 30.1 Å². The molecule has 36 heavy (non-hydrogen) atoms. The van der Waals surface area contributed by atoms with E-state index in [1.165, 1.54) is 6.20 Å². The van der Waals surface area contributed by atoms with E-state index in [4.69, 9.17) is 21.3 Å². The number of benzene rings is 2. The third-order valence-electron chi connectivity index (χ3n) is 6.10. The topological polar surface area (TPSA) is 101 Å². The first-order valence-corrected chi connectivity index (χ1v) is 12.0. The lowest BCUT2D eigenvalue weighted by molar-refractivity contribution is -0.119. The summed E-state index contributed by atoms with van der Waals surface area (Å²) >= 11 is 6.43. The maximum absolute atomic E-state index is 12.4. The Bertz CT molecular complexity index is 1470. The van der Waals surface area contributed by atoms with Gasteiger partial charge in [0.1, 0.15) is 17.2 Å². The number of piperidine rings is 1. The van der Waals surface area contributed by atoms with Crippen LogP contribution in [0.5, 0.6) is 11.5 Å². The average Bonchev–Trinajstić information content (AvgIpc) is 3.19. The molecule has 0 saturated carbocycles. The molecule has 0 aliphatic carbocycles. The van der Waals surface area contributed by atoms with Crippen molar-refractivity contribution in [3.8, 4) is 11.5 Å².